The number of anilines is 1. The van der Waals surface area contributed by atoms with Gasteiger partial charge in [-0.05, 0) is 26.0 Å². The molecule has 2 amide bonds. The van der Waals surface area contributed by atoms with Crippen molar-refractivity contribution < 1.29 is 14.8 Å². The lowest BCUT2D eigenvalue weighted by Crippen LogP contribution is -2.46. The average Bonchev–Trinajstić information content (AvgIpc) is 2.38. The molecule has 0 aliphatic rings. The Morgan fingerprint density at radius 3 is 2.47 bits per heavy atom. The molecule has 91 valence electrons. The van der Waals surface area contributed by atoms with Crippen molar-refractivity contribution in [2.24, 2.45) is 0 Å². The lowest BCUT2D eigenvalue weighted by atomic mass is 10.3. The van der Waals surface area contributed by atoms with Gasteiger partial charge >= 0.3 is 6.03 Å². The van der Waals surface area contributed by atoms with Gasteiger partial charge in [0.05, 0.1) is 0 Å². The molecule has 0 aliphatic carbocycles. The molecule has 0 aliphatic heterocycles. The first kappa shape index (κ1) is 13.2. The number of amides is 2. The molecule has 1 radical (unpaired) electrons. The number of benzene rings is 1. The van der Waals surface area contributed by atoms with E-state index >= 15 is 0 Å². The van der Waals surface area contributed by atoms with Crippen LogP contribution in [0.2, 0.25) is 0 Å². The number of carbonyl (C=O) groups is 1. The van der Waals surface area contributed by atoms with E-state index in [-0.39, 0.29) is 0 Å². The number of carbonyl (C=O) groups excluding carboxylic acids is 2. The van der Waals surface area contributed by atoms with Crippen LogP contribution in [-0.2, 0) is 4.79 Å². The van der Waals surface area contributed by atoms with Crippen LogP contribution in [0.15, 0.2) is 30.3 Å². The molecule has 17 heavy (non-hydrogen) atoms. The van der Waals surface area contributed by atoms with E-state index in [1.54, 1.807) is 37.5 Å². The van der Waals surface area contributed by atoms with Crippen LogP contribution in [0.3, 0.4) is 0 Å². The zero-order chi connectivity index (χ0) is 12.8. The van der Waals surface area contributed by atoms with Crippen molar-refractivity contribution in [3.63, 3.8) is 0 Å². The highest BCUT2D eigenvalue weighted by Crippen LogP contribution is 2.15. The van der Waals surface area contributed by atoms with E-state index in [9.17, 15) is 14.8 Å². The minimum atomic E-state index is -0.986. The second-order valence-corrected chi connectivity index (χ2v) is 3.50. The largest absolute Gasteiger partial charge is 0.348 e. The average molecular weight is 235 g/mol. The first-order chi connectivity index (χ1) is 8.11. The SMILES string of the molecule is CCN(C(=O)N(O)[C@@H](C)[C]=O)c1ccccc1. The lowest BCUT2D eigenvalue weighted by molar-refractivity contribution is -0.0519. The summed E-state index contributed by atoms with van der Waals surface area (Å²) >= 11 is 0. The van der Waals surface area contributed by atoms with E-state index in [1.165, 1.54) is 11.8 Å². The summed E-state index contributed by atoms with van der Waals surface area (Å²) < 4.78 is 0. The van der Waals surface area contributed by atoms with Crippen molar-refractivity contribution in [1.82, 2.24) is 5.06 Å². The van der Waals surface area contributed by atoms with Crippen LogP contribution in [0, 0.1) is 0 Å². The van der Waals surface area contributed by atoms with Gasteiger partial charge in [-0.25, -0.2) is 4.79 Å². The summed E-state index contributed by atoms with van der Waals surface area (Å²) in [7, 11) is 0. The Hall–Kier alpha value is -1.88. The number of para-hydroxylation sites is 1. The molecule has 0 spiro atoms. The maximum Gasteiger partial charge on any atom is 0.348 e. The van der Waals surface area contributed by atoms with Crippen molar-refractivity contribution in [3.8, 4) is 0 Å². The van der Waals surface area contributed by atoms with Gasteiger partial charge in [-0.3, -0.25) is 14.9 Å². The van der Waals surface area contributed by atoms with Crippen molar-refractivity contribution in [2.45, 2.75) is 19.9 Å². The standard InChI is InChI=1S/C12H15N2O3/c1-3-13(11-7-5-4-6-8-11)12(16)14(17)10(2)9-15/h4-8,10,17H,3H2,1-2H3/t10-/m0/s1. The van der Waals surface area contributed by atoms with Gasteiger partial charge in [0.2, 0.25) is 6.29 Å². The summed E-state index contributed by atoms with van der Waals surface area (Å²) in [6.07, 6.45) is 1.55. The molecule has 0 saturated heterocycles. The normalized spacial score (nSPS) is 11.7. The third-order valence-corrected chi connectivity index (χ3v) is 2.35. The van der Waals surface area contributed by atoms with Gasteiger partial charge in [0.15, 0.2) is 0 Å². The highest BCUT2D eigenvalue weighted by atomic mass is 16.5. The molecule has 5 heteroatoms. The Morgan fingerprint density at radius 1 is 1.41 bits per heavy atom. The third kappa shape index (κ3) is 3.04. The molecular weight excluding hydrogens is 220 g/mol. The fourth-order valence-electron chi connectivity index (χ4n) is 1.38. The van der Waals surface area contributed by atoms with E-state index < -0.39 is 12.1 Å². The number of hydroxylamine groups is 2. The summed E-state index contributed by atoms with van der Waals surface area (Å²) in [6, 6.07) is 7.30. The summed E-state index contributed by atoms with van der Waals surface area (Å²) in [5.41, 5.74) is 0.664. The Kier molecular flexibility index (Phi) is 4.66. The van der Waals surface area contributed by atoms with E-state index in [2.05, 4.69) is 0 Å². The second-order valence-electron chi connectivity index (χ2n) is 3.50. The minimum absolute atomic E-state index is 0.378. The summed E-state index contributed by atoms with van der Waals surface area (Å²) in [5.74, 6) is 0. The smallest absolute Gasteiger partial charge is 0.293 e. The maximum absolute atomic E-state index is 11.9. The molecule has 0 bridgehead atoms. The van der Waals surface area contributed by atoms with Crippen LogP contribution in [-0.4, -0.2) is 35.2 Å². The molecule has 0 heterocycles. The van der Waals surface area contributed by atoms with Gasteiger partial charge in [0, 0.05) is 12.2 Å². The summed E-state index contributed by atoms with van der Waals surface area (Å²) in [5, 5.41) is 9.91. The number of rotatable bonds is 4. The fourth-order valence-corrected chi connectivity index (χ4v) is 1.38. The molecule has 0 fully saturated rings. The van der Waals surface area contributed by atoms with Crippen LogP contribution < -0.4 is 4.90 Å². The predicted molar refractivity (Wildman–Crippen MR) is 63.6 cm³/mol. The van der Waals surface area contributed by atoms with E-state index in [1.807, 2.05) is 6.07 Å². The second kappa shape index (κ2) is 6.00. The Morgan fingerprint density at radius 2 is 2.00 bits per heavy atom. The number of nitrogens with zero attached hydrogens (tertiary/aromatic N) is 2. The van der Waals surface area contributed by atoms with Gasteiger partial charge in [-0.1, -0.05) is 18.2 Å². The quantitative estimate of drug-likeness (QED) is 0.639. The monoisotopic (exact) mass is 235 g/mol. The zero-order valence-electron chi connectivity index (χ0n) is 9.83. The van der Waals surface area contributed by atoms with Crippen LogP contribution in [0.25, 0.3) is 0 Å². The van der Waals surface area contributed by atoms with Crippen LogP contribution in [0.1, 0.15) is 13.8 Å². The first-order valence-corrected chi connectivity index (χ1v) is 5.34. The molecule has 1 aromatic rings. The van der Waals surface area contributed by atoms with Gasteiger partial charge in [-0.2, -0.15) is 5.06 Å². The number of hydrogen-bond donors (Lipinski definition) is 1. The van der Waals surface area contributed by atoms with Crippen molar-refractivity contribution in [3.05, 3.63) is 30.3 Å². The highest BCUT2D eigenvalue weighted by molar-refractivity contribution is 5.92. The minimum Gasteiger partial charge on any atom is -0.293 e. The first-order valence-electron chi connectivity index (χ1n) is 5.34. The zero-order valence-corrected chi connectivity index (χ0v) is 9.83. The predicted octanol–water partition coefficient (Wildman–Crippen LogP) is 1.82. The van der Waals surface area contributed by atoms with Gasteiger partial charge in [-0.15, -0.1) is 0 Å². The van der Waals surface area contributed by atoms with Gasteiger partial charge < -0.3 is 0 Å². The summed E-state index contributed by atoms with van der Waals surface area (Å²) in [6.45, 7) is 3.57. The van der Waals surface area contributed by atoms with E-state index in [0.717, 1.165) is 0 Å². The molecule has 1 rings (SSSR count). The Labute approximate surface area is 100 Å². The Bertz CT molecular complexity index is 381. The van der Waals surface area contributed by atoms with Crippen LogP contribution in [0.4, 0.5) is 10.5 Å². The number of hydrogen-bond acceptors (Lipinski definition) is 3. The van der Waals surface area contributed by atoms with Crippen LogP contribution >= 0.6 is 0 Å². The van der Waals surface area contributed by atoms with Crippen molar-refractivity contribution in [1.29, 1.82) is 0 Å². The molecule has 0 aromatic heterocycles. The highest BCUT2D eigenvalue weighted by Gasteiger charge is 2.24. The maximum atomic E-state index is 11.9. The molecule has 5 nitrogen and oxygen atoms in total. The fraction of sp³-hybridized carbons (Fsp3) is 0.333. The topological polar surface area (TPSA) is 60.9 Å². The van der Waals surface area contributed by atoms with Crippen molar-refractivity contribution in [2.75, 3.05) is 11.4 Å². The molecular formula is C12H15N2O3. The molecule has 1 aromatic carbocycles. The third-order valence-electron chi connectivity index (χ3n) is 2.35. The van der Waals surface area contributed by atoms with E-state index in [4.69, 9.17) is 0 Å². The number of urea groups is 1. The van der Waals surface area contributed by atoms with Crippen molar-refractivity contribution >= 4 is 18.0 Å². The summed E-state index contributed by atoms with van der Waals surface area (Å²) in [4.78, 5) is 23.7. The lowest BCUT2D eigenvalue weighted by Gasteiger charge is -2.27. The molecule has 1 atom stereocenters. The van der Waals surface area contributed by atoms with Crippen LogP contribution in [0.5, 0.6) is 0 Å². The molecule has 0 saturated carbocycles. The van der Waals surface area contributed by atoms with Gasteiger partial charge in [0.1, 0.15) is 6.04 Å². The molecule has 0 unspecified atom stereocenters. The van der Waals surface area contributed by atoms with E-state index in [0.29, 0.717) is 17.3 Å². The van der Waals surface area contributed by atoms with Gasteiger partial charge in [0.25, 0.3) is 0 Å². The Balaban J connectivity index is 2.88. The molecule has 1 N–H and O–H groups in total.